The molecule has 0 aromatic heterocycles. The molecule has 0 atom stereocenters. The van der Waals surface area contributed by atoms with Crippen LogP contribution in [0.5, 0.6) is 0 Å². The van der Waals surface area contributed by atoms with Crippen molar-refractivity contribution in [1.29, 1.82) is 0 Å². The first-order valence-corrected chi connectivity index (χ1v) is 11.1. The van der Waals surface area contributed by atoms with Crippen LogP contribution in [-0.2, 0) is 6.42 Å². The van der Waals surface area contributed by atoms with Crippen LogP contribution in [0.3, 0.4) is 0 Å². The fourth-order valence-corrected chi connectivity index (χ4v) is 4.91. The van der Waals surface area contributed by atoms with Crippen LogP contribution >= 0.6 is 11.8 Å². The van der Waals surface area contributed by atoms with Crippen LogP contribution in [0.15, 0.2) is 119 Å². The first-order valence-electron chi connectivity index (χ1n) is 10.3. The zero-order valence-corrected chi connectivity index (χ0v) is 17.8. The summed E-state index contributed by atoms with van der Waals surface area (Å²) in [5.74, 6) is 0. The first-order chi connectivity index (χ1) is 14.8. The standard InChI is InChI=1S/C28H23NS/c1-21(23-9-3-2-4-10-23)15-16-22-17-19-24(20-18-22)29-25-11-5-7-13-27(25)30-28-14-8-6-12-26(28)29/h2-15,17-20H,16H2,1H3/b21-15-. The summed E-state index contributed by atoms with van der Waals surface area (Å²) in [5, 5.41) is 0. The Balaban J connectivity index is 1.44. The maximum atomic E-state index is 2.37. The third-order valence-corrected chi connectivity index (χ3v) is 6.63. The summed E-state index contributed by atoms with van der Waals surface area (Å²) in [6.45, 7) is 2.18. The highest BCUT2D eigenvalue weighted by Crippen LogP contribution is 2.50. The molecule has 1 aliphatic heterocycles. The molecule has 0 N–H and O–H groups in total. The fourth-order valence-electron chi connectivity index (χ4n) is 3.85. The van der Waals surface area contributed by atoms with E-state index in [1.165, 1.54) is 43.6 Å². The Labute approximate surface area is 182 Å². The van der Waals surface area contributed by atoms with Gasteiger partial charge in [-0.05, 0) is 66.4 Å². The van der Waals surface area contributed by atoms with E-state index in [4.69, 9.17) is 0 Å². The molecule has 0 saturated heterocycles. The van der Waals surface area contributed by atoms with E-state index in [0.29, 0.717) is 0 Å². The highest BCUT2D eigenvalue weighted by molar-refractivity contribution is 7.99. The fraction of sp³-hybridized carbons (Fsp3) is 0.0714. The highest BCUT2D eigenvalue weighted by Gasteiger charge is 2.23. The van der Waals surface area contributed by atoms with Gasteiger partial charge in [-0.2, -0.15) is 0 Å². The Morgan fingerprint density at radius 2 is 1.27 bits per heavy atom. The molecule has 1 aliphatic rings. The van der Waals surface area contributed by atoms with Crippen LogP contribution in [0.2, 0.25) is 0 Å². The molecule has 4 aromatic carbocycles. The number of benzene rings is 4. The molecule has 0 unspecified atom stereocenters. The number of allylic oxidation sites excluding steroid dienone is 2. The predicted octanol–water partition coefficient (Wildman–Crippen LogP) is 8.27. The first kappa shape index (κ1) is 18.8. The molecule has 2 heteroatoms. The molecule has 4 aromatic rings. The summed E-state index contributed by atoms with van der Waals surface area (Å²) in [7, 11) is 0. The number of hydrogen-bond acceptors (Lipinski definition) is 2. The second kappa shape index (κ2) is 8.25. The van der Waals surface area contributed by atoms with E-state index in [0.717, 1.165) is 6.42 Å². The van der Waals surface area contributed by atoms with Crippen molar-refractivity contribution in [2.24, 2.45) is 0 Å². The molecule has 0 bridgehead atoms. The van der Waals surface area contributed by atoms with E-state index >= 15 is 0 Å². The van der Waals surface area contributed by atoms with Gasteiger partial charge in [-0.1, -0.05) is 84.6 Å². The van der Waals surface area contributed by atoms with Gasteiger partial charge in [0.1, 0.15) is 0 Å². The van der Waals surface area contributed by atoms with Crippen LogP contribution in [0.25, 0.3) is 5.57 Å². The van der Waals surface area contributed by atoms with Crippen LogP contribution in [0.4, 0.5) is 17.1 Å². The van der Waals surface area contributed by atoms with Crippen molar-refractivity contribution in [3.05, 3.63) is 120 Å². The molecule has 0 amide bonds. The molecular weight excluding hydrogens is 382 g/mol. The topological polar surface area (TPSA) is 3.24 Å². The van der Waals surface area contributed by atoms with Crippen LogP contribution in [0.1, 0.15) is 18.1 Å². The maximum absolute atomic E-state index is 2.37. The molecule has 1 nitrogen and oxygen atoms in total. The second-order valence-corrected chi connectivity index (χ2v) is 8.58. The van der Waals surface area contributed by atoms with Crippen molar-refractivity contribution in [2.75, 3.05) is 4.90 Å². The van der Waals surface area contributed by atoms with Gasteiger partial charge in [-0.15, -0.1) is 0 Å². The van der Waals surface area contributed by atoms with Gasteiger partial charge in [0.2, 0.25) is 0 Å². The van der Waals surface area contributed by atoms with Crippen LogP contribution in [-0.4, -0.2) is 0 Å². The van der Waals surface area contributed by atoms with E-state index in [2.05, 4.69) is 121 Å². The number of anilines is 3. The lowest BCUT2D eigenvalue weighted by molar-refractivity contribution is 1.16. The summed E-state index contributed by atoms with van der Waals surface area (Å²) >= 11 is 1.84. The maximum Gasteiger partial charge on any atom is 0.0601 e. The summed E-state index contributed by atoms with van der Waals surface area (Å²) in [6, 6.07) is 36.8. The minimum absolute atomic E-state index is 0.935. The van der Waals surface area contributed by atoms with Gasteiger partial charge in [0.05, 0.1) is 11.4 Å². The molecule has 5 rings (SSSR count). The average molecular weight is 406 g/mol. The normalized spacial score (nSPS) is 13.0. The van der Waals surface area contributed by atoms with Crippen LogP contribution in [0, 0.1) is 0 Å². The van der Waals surface area contributed by atoms with Crippen molar-refractivity contribution < 1.29 is 0 Å². The van der Waals surface area contributed by atoms with Crippen molar-refractivity contribution in [1.82, 2.24) is 0 Å². The SMILES string of the molecule is C/C(=C/Cc1ccc(N2c3ccccc3Sc3ccccc32)cc1)c1ccccc1. The van der Waals surface area contributed by atoms with E-state index < -0.39 is 0 Å². The van der Waals surface area contributed by atoms with Gasteiger partial charge in [0.25, 0.3) is 0 Å². The molecule has 0 fully saturated rings. The summed E-state index contributed by atoms with van der Waals surface area (Å²) in [6.07, 6.45) is 3.25. The molecule has 0 radical (unpaired) electrons. The van der Waals surface area contributed by atoms with E-state index in [1.54, 1.807) is 0 Å². The van der Waals surface area contributed by atoms with Crippen molar-refractivity contribution >= 4 is 34.4 Å². The molecule has 0 saturated carbocycles. The summed E-state index contributed by atoms with van der Waals surface area (Å²) in [4.78, 5) is 4.96. The number of para-hydroxylation sites is 2. The number of fused-ring (bicyclic) bond motifs is 2. The zero-order chi connectivity index (χ0) is 20.3. The molecule has 30 heavy (non-hydrogen) atoms. The Bertz CT molecular complexity index is 1150. The highest BCUT2D eigenvalue weighted by atomic mass is 32.2. The second-order valence-electron chi connectivity index (χ2n) is 7.50. The van der Waals surface area contributed by atoms with Crippen LogP contribution < -0.4 is 4.90 Å². The van der Waals surface area contributed by atoms with Crippen molar-refractivity contribution in [2.45, 2.75) is 23.1 Å². The van der Waals surface area contributed by atoms with Crippen molar-refractivity contribution in [3.8, 4) is 0 Å². The summed E-state index contributed by atoms with van der Waals surface area (Å²) in [5.41, 5.74) is 7.61. The molecule has 146 valence electrons. The monoisotopic (exact) mass is 405 g/mol. The quantitative estimate of drug-likeness (QED) is 0.296. The minimum Gasteiger partial charge on any atom is -0.308 e. The van der Waals surface area contributed by atoms with Gasteiger partial charge in [0.15, 0.2) is 0 Å². The number of hydrogen-bond donors (Lipinski definition) is 0. The molecule has 0 spiro atoms. The van der Waals surface area contributed by atoms with Gasteiger partial charge in [-0.3, -0.25) is 0 Å². The molecular formula is C28H23NS. The molecule has 1 heterocycles. The lowest BCUT2D eigenvalue weighted by Gasteiger charge is -2.32. The van der Waals surface area contributed by atoms with Gasteiger partial charge in [0, 0.05) is 15.5 Å². The lowest BCUT2D eigenvalue weighted by Crippen LogP contribution is -2.14. The minimum atomic E-state index is 0.935. The lowest BCUT2D eigenvalue weighted by atomic mass is 10.0. The zero-order valence-electron chi connectivity index (χ0n) is 17.0. The Morgan fingerprint density at radius 1 is 0.700 bits per heavy atom. The molecule has 0 aliphatic carbocycles. The summed E-state index contributed by atoms with van der Waals surface area (Å²) < 4.78 is 0. The number of nitrogens with zero attached hydrogens (tertiary/aromatic N) is 1. The Morgan fingerprint density at radius 3 is 1.90 bits per heavy atom. The van der Waals surface area contributed by atoms with Gasteiger partial charge >= 0.3 is 0 Å². The number of rotatable bonds is 4. The van der Waals surface area contributed by atoms with Gasteiger partial charge in [-0.25, -0.2) is 0 Å². The third-order valence-electron chi connectivity index (χ3n) is 5.50. The third kappa shape index (κ3) is 3.67. The predicted molar refractivity (Wildman–Crippen MR) is 129 cm³/mol. The smallest absolute Gasteiger partial charge is 0.0601 e. The Hall–Kier alpha value is -3.23. The van der Waals surface area contributed by atoms with Gasteiger partial charge < -0.3 is 4.90 Å². The van der Waals surface area contributed by atoms with E-state index in [9.17, 15) is 0 Å². The van der Waals surface area contributed by atoms with Crippen molar-refractivity contribution in [3.63, 3.8) is 0 Å². The average Bonchev–Trinajstić information content (AvgIpc) is 2.82. The van der Waals surface area contributed by atoms with E-state index in [1.807, 2.05) is 11.8 Å². The van der Waals surface area contributed by atoms with E-state index in [-0.39, 0.29) is 0 Å². The largest absolute Gasteiger partial charge is 0.308 e. The Kier molecular flexibility index (Phi) is 5.17.